The molecule has 108 valence electrons. The first-order chi connectivity index (χ1) is 9.12. The van der Waals surface area contributed by atoms with Crippen LogP contribution in [-0.4, -0.2) is 7.11 Å². The molecule has 2 atom stereocenters. The van der Waals surface area contributed by atoms with Crippen LogP contribution in [0.25, 0.3) is 0 Å². The molecule has 0 spiro atoms. The Morgan fingerprint density at radius 3 is 2.63 bits per heavy atom. The van der Waals surface area contributed by atoms with Gasteiger partial charge in [-0.05, 0) is 30.0 Å². The Kier molecular flexibility index (Phi) is 6.85. The molecule has 0 bridgehead atoms. The van der Waals surface area contributed by atoms with Crippen molar-refractivity contribution in [1.29, 1.82) is 0 Å². The summed E-state index contributed by atoms with van der Waals surface area (Å²) in [6.07, 6.45) is 5.78. The van der Waals surface area contributed by atoms with Crippen molar-refractivity contribution in [2.24, 2.45) is 11.7 Å². The van der Waals surface area contributed by atoms with Gasteiger partial charge >= 0.3 is 0 Å². The molecular formula is C16H26FNO. The van der Waals surface area contributed by atoms with E-state index in [4.69, 9.17) is 10.5 Å². The Bertz CT molecular complexity index is 381. The lowest BCUT2D eigenvalue weighted by atomic mass is 9.89. The monoisotopic (exact) mass is 267 g/mol. The van der Waals surface area contributed by atoms with E-state index in [2.05, 4.69) is 13.8 Å². The van der Waals surface area contributed by atoms with E-state index in [0.29, 0.717) is 5.92 Å². The van der Waals surface area contributed by atoms with E-state index >= 15 is 0 Å². The van der Waals surface area contributed by atoms with E-state index in [1.165, 1.54) is 32.4 Å². The summed E-state index contributed by atoms with van der Waals surface area (Å²) in [5.41, 5.74) is 7.19. The summed E-state index contributed by atoms with van der Waals surface area (Å²) in [5, 5.41) is 0. The van der Waals surface area contributed by atoms with Crippen LogP contribution >= 0.6 is 0 Å². The predicted octanol–water partition coefficient (Wildman–Crippen LogP) is 4.44. The number of benzene rings is 1. The van der Waals surface area contributed by atoms with Crippen molar-refractivity contribution in [3.63, 3.8) is 0 Å². The second-order valence-electron chi connectivity index (χ2n) is 5.15. The number of hydrogen-bond acceptors (Lipinski definition) is 2. The van der Waals surface area contributed by atoms with Crippen molar-refractivity contribution < 1.29 is 9.13 Å². The van der Waals surface area contributed by atoms with E-state index in [9.17, 15) is 4.39 Å². The summed E-state index contributed by atoms with van der Waals surface area (Å²) in [6, 6.07) is 4.86. The van der Waals surface area contributed by atoms with E-state index in [1.807, 2.05) is 0 Å². The van der Waals surface area contributed by atoms with Crippen molar-refractivity contribution in [3.8, 4) is 5.75 Å². The van der Waals surface area contributed by atoms with Gasteiger partial charge in [0.1, 0.15) is 0 Å². The second-order valence-corrected chi connectivity index (χ2v) is 5.15. The summed E-state index contributed by atoms with van der Waals surface area (Å²) >= 11 is 0. The van der Waals surface area contributed by atoms with Crippen LogP contribution in [0.15, 0.2) is 18.2 Å². The molecule has 1 aromatic carbocycles. The zero-order valence-corrected chi connectivity index (χ0v) is 12.3. The van der Waals surface area contributed by atoms with Gasteiger partial charge in [0.05, 0.1) is 7.11 Å². The number of rotatable bonds is 8. The Labute approximate surface area is 116 Å². The molecule has 0 saturated carbocycles. The minimum absolute atomic E-state index is 0.0451. The molecule has 0 aliphatic carbocycles. The molecular weight excluding hydrogens is 241 g/mol. The van der Waals surface area contributed by atoms with Crippen molar-refractivity contribution in [2.75, 3.05) is 7.11 Å². The van der Waals surface area contributed by atoms with E-state index in [0.717, 1.165) is 18.4 Å². The summed E-state index contributed by atoms with van der Waals surface area (Å²) in [4.78, 5) is 0. The molecule has 1 aromatic rings. The highest BCUT2D eigenvalue weighted by Gasteiger charge is 2.15. The predicted molar refractivity (Wildman–Crippen MR) is 77.8 cm³/mol. The first-order valence-corrected chi connectivity index (χ1v) is 7.21. The lowest BCUT2D eigenvalue weighted by Gasteiger charge is -2.20. The lowest BCUT2D eigenvalue weighted by molar-refractivity contribution is 0.377. The first kappa shape index (κ1) is 16.0. The van der Waals surface area contributed by atoms with Crippen LogP contribution in [0.2, 0.25) is 0 Å². The summed E-state index contributed by atoms with van der Waals surface area (Å²) in [5.74, 6) is 0.581. The van der Waals surface area contributed by atoms with Crippen molar-refractivity contribution in [1.82, 2.24) is 0 Å². The van der Waals surface area contributed by atoms with Crippen LogP contribution < -0.4 is 10.5 Å². The summed E-state index contributed by atoms with van der Waals surface area (Å²) in [7, 11) is 1.48. The SMILES string of the molecule is CCCCC(CC)CC(N)c1ccc(F)c(OC)c1. The molecule has 0 aromatic heterocycles. The normalized spacial score (nSPS) is 14.2. The smallest absolute Gasteiger partial charge is 0.165 e. The molecule has 0 radical (unpaired) electrons. The van der Waals surface area contributed by atoms with Crippen molar-refractivity contribution >= 4 is 0 Å². The fourth-order valence-corrected chi connectivity index (χ4v) is 2.38. The Morgan fingerprint density at radius 1 is 1.32 bits per heavy atom. The standard InChI is InChI=1S/C16H26FNO/c1-4-6-7-12(5-2)10-15(18)13-8-9-14(17)16(11-13)19-3/h8-9,11-12,15H,4-7,10,18H2,1-3H3. The summed E-state index contributed by atoms with van der Waals surface area (Å²) in [6.45, 7) is 4.41. The van der Waals surface area contributed by atoms with Crippen molar-refractivity contribution in [3.05, 3.63) is 29.6 Å². The third kappa shape index (κ3) is 4.83. The van der Waals surface area contributed by atoms with E-state index < -0.39 is 0 Å². The third-order valence-electron chi connectivity index (χ3n) is 3.73. The van der Waals surface area contributed by atoms with Gasteiger partial charge in [-0.15, -0.1) is 0 Å². The minimum atomic E-state index is -0.337. The third-order valence-corrected chi connectivity index (χ3v) is 3.73. The van der Waals surface area contributed by atoms with Gasteiger partial charge in [0.2, 0.25) is 0 Å². The highest BCUT2D eigenvalue weighted by molar-refractivity contribution is 5.32. The largest absolute Gasteiger partial charge is 0.494 e. The summed E-state index contributed by atoms with van der Waals surface area (Å²) < 4.78 is 18.4. The van der Waals surface area contributed by atoms with Gasteiger partial charge in [-0.25, -0.2) is 4.39 Å². The van der Waals surface area contributed by atoms with Gasteiger partial charge in [0.15, 0.2) is 11.6 Å². The van der Waals surface area contributed by atoms with Crippen LogP contribution in [0.5, 0.6) is 5.75 Å². The van der Waals surface area contributed by atoms with Gasteiger partial charge < -0.3 is 10.5 Å². The molecule has 0 amide bonds. The quantitative estimate of drug-likeness (QED) is 0.755. The highest BCUT2D eigenvalue weighted by Crippen LogP contribution is 2.28. The number of nitrogens with two attached hydrogens (primary N) is 1. The molecule has 2 unspecified atom stereocenters. The molecule has 19 heavy (non-hydrogen) atoms. The Hall–Kier alpha value is -1.09. The highest BCUT2D eigenvalue weighted by atomic mass is 19.1. The number of ether oxygens (including phenoxy) is 1. The zero-order valence-electron chi connectivity index (χ0n) is 12.3. The fourth-order valence-electron chi connectivity index (χ4n) is 2.38. The van der Waals surface area contributed by atoms with Crippen LogP contribution in [0.4, 0.5) is 4.39 Å². The first-order valence-electron chi connectivity index (χ1n) is 7.21. The van der Waals surface area contributed by atoms with E-state index in [-0.39, 0.29) is 17.6 Å². The molecule has 0 heterocycles. The van der Waals surface area contributed by atoms with Crippen LogP contribution in [0, 0.1) is 11.7 Å². The number of unbranched alkanes of at least 4 members (excludes halogenated alkanes) is 1. The van der Waals surface area contributed by atoms with Crippen LogP contribution in [0.3, 0.4) is 0 Å². The molecule has 3 heteroatoms. The van der Waals surface area contributed by atoms with Crippen LogP contribution in [-0.2, 0) is 0 Å². The Morgan fingerprint density at radius 2 is 2.05 bits per heavy atom. The van der Waals surface area contributed by atoms with Gasteiger partial charge in [0, 0.05) is 6.04 Å². The van der Waals surface area contributed by atoms with E-state index in [1.54, 1.807) is 12.1 Å². The second kappa shape index (κ2) is 8.16. The van der Waals surface area contributed by atoms with Gasteiger partial charge in [-0.1, -0.05) is 45.6 Å². The maximum atomic E-state index is 13.4. The van der Waals surface area contributed by atoms with Gasteiger partial charge in [-0.3, -0.25) is 0 Å². The lowest BCUT2D eigenvalue weighted by Crippen LogP contribution is -2.15. The molecule has 0 saturated heterocycles. The molecule has 0 aliphatic heterocycles. The average Bonchev–Trinajstić information content (AvgIpc) is 2.43. The Balaban J connectivity index is 2.68. The van der Waals surface area contributed by atoms with Gasteiger partial charge in [-0.2, -0.15) is 0 Å². The zero-order chi connectivity index (χ0) is 14.3. The molecule has 0 aliphatic rings. The van der Waals surface area contributed by atoms with Crippen LogP contribution in [0.1, 0.15) is 57.6 Å². The molecule has 1 rings (SSSR count). The molecule has 2 nitrogen and oxygen atoms in total. The number of halogens is 1. The molecule has 0 fully saturated rings. The number of hydrogen-bond donors (Lipinski definition) is 1. The average molecular weight is 267 g/mol. The minimum Gasteiger partial charge on any atom is -0.494 e. The topological polar surface area (TPSA) is 35.2 Å². The maximum absolute atomic E-state index is 13.4. The molecule has 2 N–H and O–H groups in total. The van der Waals surface area contributed by atoms with Gasteiger partial charge in [0.25, 0.3) is 0 Å². The maximum Gasteiger partial charge on any atom is 0.165 e. The fraction of sp³-hybridized carbons (Fsp3) is 0.625. The number of methoxy groups -OCH3 is 1. The van der Waals surface area contributed by atoms with Crippen molar-refractivity contribution in [2.45, 2.75) is 52.0 Å².